The van der Waals surface area contributed by atoms with E-state index in [-0.39, 0.29) is 5.43 Å². The summed E-state index contributed by atoms with van der Waals surface area (Å²) in [7, 11) is 0. The van der Waals surface area contributed by atoms with Gasteiger partial charge in [-0.15, -0.1) is 0 Å². The van der Waals surface area contributed by atoms with E-state index in [1.54, 1.807) is 18.5 Å². The van der Waals surface area contributed by atoms with Crippen LogP contribution in [-0.4, -0.2) is 34.5 Å². The summed E-state index contributed by atoms with van der Waals surface area (Å²) >= 11 is 0. The number of pyridine rings is 2. The molecule has 4 heterocycles. The van der Waals surface area contributed by atoms with Crippen molar-refractivity contribution >= 4 is 0 Å². The monoisotopic (exact) mass is 281 g/mol. The fourth-order valence-corrected chi connectivity index (χ4v) is 3.86. The molecule has 2 aliphatic rings. The van der Waals surface area contributed by atoms with Crippen LogP contribution >= 0.6 is 0 Å². The molecule has 2 aromatic heterocycles. The fraction of sp³-hybridized carbons (Fsp3) is 0.412. The van der Waals surface area contributed by atoms with Crippen LogP contribution in [0, 0.1) is 0 Å². The highest BCUT2D eigenvalue weighted by Gasteiger charge is 2.42. The topological polar surface area (TPSA) is 49.0 Å². The molecule has 0 spiro atoms. The molecule has 2 aromatic rings. The molecular formula is C17H19N3O. The molecule has 4 nitrogen and oxygen atoms in total. The van der Waals surface area contributed by atoms with Crippen molar-refractivity contribution in [2.75, 3.05) is 19.6 Å². The Kier molecular flexibility index (Phi) is 2.93. The summed E-state index contributed by atoms with van der Waals surface area (Å²) in [6, 6.07) is 5.70. The van der Waals surface area contributed by atoms with Gasteiger partial charge in [-0.3, -0.25) is 9.78 Å². The Morgan fingerprint density at radius 3 is 2.95 bits per heavy atom. The van der Waals surface area contributed by atoms with Crippen molar-refractivity contribution in [2.45, 2.75) is 24.7 Å². The quantitative estimate of drug-likeness (QED) is 0.918. The molecule has 1 N–H and O–H groups in total. The Hall–Kier alpha value is -1.94. The first-order valence-electron chi connectivity index (χ1n) is 7.63. The highest BCUT2D eigenvalue weighted by Crippen LogP contribution is 2.41. The minimum Gasteiger partial charge on any atom is -0.367 e. The van der Waals surface area contributed by atoms with Gasteiger partial charge in [0.15, 0.2) is 5.43 Å². The normalized spacial score (nSPS) is 27.7. The third-order valence-corrected chi connectivity index (χ3v) is 5.04. The molecule has 0 saturated carbocycles. The number of aromatic nitrogens is 2. The van der Waals surface area contributed by atoms with E-state index >= 15 is 0 Å². The molecule has 2 saturated heterocycles. The summed E-state index contributed by atoms with van der Waals surface area (Å²) in [5, 5.41) is 0. The van der Waals surface area contributed by atoms with Crippen molar-refractivity contribution in [3.05, 3.63) is 52.6 Å². The highest BCUT2D eigenvalue weighted by atomic mass is 16.1. The lowest BCUT2D eigenvalue weighted by molar-refractivity contribution is 0.243. The van der Waals surface area contributed by atoms with E-state index in [4.69, 9.17) is 0 Å². The number of nitrogens with zero attached hydrogens (tertiary/aromatic N) is 2. The molecule has 0 aliphatic carbocycles. The van der Waals surface area contributed by atoms with Crippen LogP contribution in [0.15, 0.2) is 41.6 Å². The standard InChI is InChI=1S/C17H19N3O/c21-16-4-7-18-11-14(16)15-3-2-13(10-19-15)17-5-1-8-20(12-17)9-6-17/h2-4,7,10-11H,1,5-6,8-9,12H2,(H,18,21). The maximum Gasteiger partial charge on any atom is 0.190 e. The van der Waals surface area contributed by atoms with E-state index in [0.717, 1.165) is 5.69 Å². The van der Waals surface area contributed by atoms with Gasteiger partial charge in [0.05, 0.1) is 11.3 Å². The van der Waals surface area contributed by atoms with Gasteiger partial charge in [0.2, 0.25) is 0 Å². The third-order valence-electron chi connectivity index (χ3n) is 5.04. The number of fused-ring (bicyclic) bond motifs is 2. The van der Waals surface area contributed by atoms with Crippen LogP contribution in [0.5, 0.6) is 0 Å². The third kappa shape index (κ3) is 2.10. The van der Waals surface area contributed by atoms with Gasteiger partial charge in [-0.2, -0.15) is 0 Å². The predicted molar refractivity (Wildman–Crippen MR) is 82.3 cm³/mol. The fourth-order valence-electron chi connectivity index (χ4n) is 3.86. The second-order valence-electron chi connectivity index (χ2n) is 6.26. The zero-order valence-electron chi connectivity index (χ0n) is 12.0. The summed E-state index contributed by atoms with van der Waals surface area (Å²) in [4.78, 5) is 21.9. The lowest BCUT2D eigenvalue weighted by atomic mass is 9.75. The zero-order valence-corrected chi connectivity index (χ0v) is 12.0. The highest BCUT2D eigenvalue weighted by molar-refractivity contribution is 5.57. The number of piperidine rings is 1. The second-order valence-corrected chi connectivity index (χ2v) is 6.26. The van der Waals surface area contributed by atoms with Gasteiger partial charge in [-0.1, -0.05) is 6.07 Å². The van der Waals surface area contributed by atoms with Crippen LogP contribution in [0.4, 0.5) is 0 Å². The average molecular weight is 281 g/mol. The molecule has 4 heteroatoms. The van der Waals surface area contributed by atoms with Gasteiger partial charge in [-0.25, -0.2) is 0 Å². The maximum atomic E-state index is 11.9. The summed E-state index contributed by atoms with van der Waals surface area (Å²) in [6.07, 6.45) is 9.13. The summed E-state index contributed by atoms with van der Waals surface area (Å²) in [5.41, 5.74) is 3.03. The van der Waals surface area contributed by atoms with Crippen LogP contribution in [0.1, 0.15) is 24.8 Å². The van der Waals surface area contributed by atoms with Crippen molar-refractivity contribution in [3.8, 4) is 11.3 Å². The number of H-pyrrole nitrogens is 1. The van der Waals surface area contributed by atoms with Crippen LogP contribution < -0.4 is 5.43 Å². The number of nitrogens with one attached hydrogen (secondary N) is 1. The first-order valence-corrected chi connectivity index (χ1v) is 7.63. The van der Waals surface area contributed by atoms with Crippen molar-refractivity contribution < 1.29 is 0 Å². The lowest BCUT2D eigenvalue weighted by Crippen LogP contribution is -2.36. The molecule has 2 atom stereocenters. The van der Waals surface area contributed by atoms with Gasteiger partial charge in [0, 0.05) is 36.6 Å². The zero-order chi connectivity index (χ0) is 14.3. The van der Waals surface area contributed by atoms with Crippen LogP contribution in [0.3, 0.4) is 0 Å². The van der Waals surface area contributed by atoms with Gasteiger partial charge in [0.25, 0.3) is 0 Å². The molecule has 0 radical (unpaired) electrons. The van der Waals surface area contributed by atoms with Crippen molar-refractivity contribution in [1.82, 2.24) is 14.9 Å². The first kappa shape index (κ1) is 12.8. The molecule has 2 fully saturated rings. The SMILES string of the molecule is O=c1cc[nH]cc1-c1ccc(C23CCCN(CC2)C3)cn1. The molecular weight excluding hydrogens is 262 g/mol. The number of hydrogen-bond donors (Lipinski definition) is 1. The average Bonchev–Trinajstić information content (AvgIpc) is 2.84. The predicted octanol–water partition coefficient (Wildman–Crippen LogP) is 2.17. The molecule has 108 valence electrons. The summed E-state index contributed by atoms with van der Waals surface area (Å²) in [6.45, 7) is 3.62. The Labute approximate surface area is 123 Å². The Morgan fingerprint density at radius 2 is 2.14 bits per heavy atom. The minimum atomic E-state index is 0.0110. The van der Waals surface area contributed by atoms with Gasteiger partial charge in [-0.05, 0) is 44.0 Å². The first-order chi connectivity index (χ1) is 10.3. The van der Waals surface area contributed by atoms with Crippen molar-refractivity contribution in [2.24, 2.45) is 0 Å². The molecule has 0 amide bonds. The van der Waals surface area contributed by atoms with Crippen LogP contribution in [0.25, 0.3) is 11.3 Å². The molecule has 2 bridgehead atoms. The molecule has 0 aromatic carbocycles. The number of hydrogen-bond acceptors (Lipinski definition) is 3. The van der Waals surface area contributed by atoms with Crippen LogP contribution in [-0.2, 0) is 5.41 Å². The largest absolute Gasteiger partial charge is 0.367 e. The smallest absolute Gasteiger partial charge is 0.190 e. The van der Waals surface area contributed by atoms with E-state index < -0.39 is 0 Å². The summed E-state index contributed by atoms with van der Waals surface area (Å²) < 4.78 is 0. The number of aromatic amines is 1. The molecule has 2 aliphatic heterocycles. The van der Waals surface area contributed by atoms with Crippen molar-refractivity contribution in [3.63, 3.8) is 0 Å². The van der Waals surface area contributed by atoms with Crippen LogP contribution in [0.2, 0.25) is 0 Å². The van der Waals surface area contributed by atoms with E-state index in [9.17, 15) is 4.79 Å². The van der Waals surface area contributed by atoms with Gasteiger partial charge in [0.1, 0.15) is 0 Å². The second kappa shape index (κ2) is 4.81. The van der Waals surface area contributed by atoms with E-state index in [1.807, 2.05) is 12.3 Å². The maximum absolute atomic E-state index is 11.9. The van der Waals surface area contributed by atoms with E-state index in [1.165, 1.54) is 44.5 Å². The minimum absolute atomic E-state index is 0.0110. The van der Waals surface area contributed by atoms with E-state index in [0.29, 0.717) is 11.0 Å². The molecule has 21 heavy (non-hydrogen) atoms. The molecule has 2 unspecified atom stereocenters. The van der Waals surface area contributed by atoms with E-state index in [2.05, 4.69) is 20.9 Å². The van der Waals surface area contributed by atoms with Gasteiger partial charge >= 0.3 is 0 Å². The van der Waals surface area contributed by atoms with Crippen molar-refractivity contribution in [1.29, 1.82) is 0 Å². The van der Waals surface area contributed by atoms with Gasteiger partial charge < -0.3 is 9.88 Å². The molecule has 4 rings (SSSR count). The Morgan fingerprint density at radius 1 is 1.19 bits per heavy atom. The number of rotatable bonds is 2. The lowest BCUT2D eigenvalue weighted by Gasteiger charge is -2.34. The Bertz CT molecular complexity index is 702. The summed E-state index contributed by atoms with van der Waals surface area (Å²) in [5.74, 6) is 0. The Balaban J connectivity index is 1.68.